The molecule has 0 atom stereocenters. The number of anilines is 1. The predicted molar refractivity (Wildman–Crippen MR) is 71.6 cm³/mol. The van der Waals surface area contributed by atoms with Crippen molar-refractivity contribution < 1.29 is 19.1 Å². The van der Waals surface area contributed by atoms with E-state index in [4.69, 9.17) is 5.11 Å². The van der Waals surface area contributed by atoms with Crippen molar-refractivity contribution in [1.82, 2.24) is 9.78 Å². The fourth-order valence-electron chi connectivity index (χ4n) is 2.33. The number of halogens is 1. The Kier molecular flexibility index (Phi) is 2.97. The summed E-state index contributed by atoms with van der Waals surface area (Å²) < 4.78 is 14.5. The van der Waals surface area contributed by atoms with Crippen LogP contribution < -0.4 is 5.32 Å². The van der Waals surface area contributed by atoms with Crippen LogP contribution in [0.4, 0.5) is 15.0 Å². The molecule has 1 aliphatic rings. The Hall–Kier alpha value is -2.70. The van der Waals surface area contributed by atoms with Crippen LogP contribution in [0.2, 0.25) is 0 Å². The molecule has 1 amide bonds. The van der Waals surface area contributed by atoms with E-state index < -0.39 is 17.3 Å². The van der Waals surface area contributed by atoms with Gasteiger partial charge in [-0.15, -0.1) is 5.10 Å². The van der Waals surface area contributed by atoms with Crippen molar-refractivity contribution >= 4 is 17.8 Å². The third-order valence-corrected chi connectivity index (χ3v) is 3.60. The second kappa shape index (κ2) is 4.69. The number of carboxylic acid groups (broad SMARTS) is 1. The van der Waals surface area contributed by atoms with E-state index in [2.05, 4.69) is 10.4 Å². The SMILES string of the molecule is O=C(O)n1ccc(NC(=O)C2(c3ccccc3F)CC2)n1. The molecule has 108 valence electrons. The molecule has 0 aliphatic heterocycles. The van der Waals surface area contributed by atoms with Gasteiger partial charge in [0.05, 0.1) is 5.41 Å². The number of nitrogens with zero attached hydrogens (tertiary/aromatic N) is 2. The molecular formula is C14H12FN3O3. The average molecular weight is 289 g/mol. The van der Waals surface area contributed by atoms with Gasteiger partial charge in [-0.1, -0.05) is 18.2 Å². The van der Waals surface area contributed by atoms with Gasteiger partial charge in [0.25, 0.3) is 0 Å². The highest BCUT2D eigenvalue weighted by Gasteiger charge is 2.52. The van der Waals surface area contributed by atoms with Crippen molar-refractivity contribution in [3.8, 4) is 0 Å². The number of amides is 1. The normalized spacial score (nSPS) is 15.5. The van der Waals surface area contributed by atoms with E-state index >= 15 is 0 Å². The molecule has 0 bridgehead atoms. The van der Waals surface area contributed by atoms with Crippen molar-refractivity contribution in [2.75, 3.05) is 5.32 Å². The van der Waals surface area contributed by atoms with Crippen LogP contribution in [0.15, 0.2) is 36.5 Å². The molecule has 2 aromatic rings. The van der Waals surface area contributed by atoms with Gasteiger partial charge in [0.1, 0.15) is 5.82 Å². The zero-order chi connectivity index (χ0) is 15.0. The van der Waals surface area contributed by atoms with Crippen molar-refractivity contribution in [2.24, 2.45) is 0 Å². The first-order valence-electron chi connectivity index (χ1n) is 6.38. The Bertz CT molecular complexity index is 722. The molecule has 1 aliphatic carbocycles. The van der Waals surface area contributed by atoms with Crippen LogP contribution in [0.25, 0.3) is 0 Å². The van der Waals surface area contributed by atoms with Gasteiger partial charge in [0.2, 0.25) is 5.91 Å². The topological polar surface area (TPSA) is 84.2 Å². The summed E-state index contributed by atoms with van der Waals surface area (Å²) in [5.41, 5.74) is -0.515. The molecule has 0 radical (unpaired) electrons. The van der Waals surface area contributed by atoms with Crippen LogP contribution in [-0.4, -0.2) is 26.9 Å². The van der Waals surface area contributed by atoms with Crippen LogP contribution in [0.5, 0.6) is 0 Å². The van der Waals surface area contributed by atoms with Gasteiger partial charge in [0.15, 0.2) is 5.82 Å². The van der Waals surface area contributed by atoms with E-state index in [9.17, 15) is 14.0 Å². The molecule has 21 heavy (non-hydrogen) atoms. The van der Waals surface area contributed by atoms with Crippen molar-refractivity contribution in [1.29, 1.82) is 0 Å². The molecule has 0 saturated heterocycles. The van der Waals surface area contributed by atoms with Crippen molar-refractivity contribution in [3.63, 3.8) is 0 Å². The van der Waals surface area contributed by atoms with Gasteiger partial charge >= 0.3 is 6.09 Å². The lowest BCUT2D eigenvalue weighted by atomic mass is 9.94. The minimum Gasteiger partial charge on any atom is -0.463 e. The minimum absolute atomic E-state index is 0.130. The van der Waals surface area contributed by atoms with Crippen LogP contribution in [0, 0.1) is 5.82 Å². The van der Waals surface area contributed by atoms with Gasteiger partial charge in [-0.05, 0) is 18.9 Å². The van der Waals surface area contributed by atoms with Crippen LogP contribution in [0.1, 0.15) is 18.4 Å². The Morgan fingerprint density at radius 1 is 1.29 bits per heavy atom. The fraction of sp³-hybridized carbons (Fsp3) is 0.214. The summed E-state index contributed by atoms with van der Waals surface area (Å²) >= 11 is 0. The van der Waals surface area contributed by atoms with Gasteiger partial charge in [-0.2, -0.15) is 4.68 Å². The Balaban J connectivity index is 1.82. The maximum absolute atomic E-state index is 13.9. The number of hydrogen-bond donors (Lipinski definition) is 2. The Morgan fingerprint density at radius 3 is 2.57 bits per heavy atom. The van der Waals surface area contributed by atoms with E-state index in [-0.39, 0.29) is 11.7 Å². The number of nitrogens with one attached hydrogen (secondary N) is 1. The van der Waals surface area contributed by atoms with Gasteiger partial charge in [-0.25, -0.2) is 9.18 Å². The first-order valence-corrected chi connectivity index (χ1v) is 6.38. The lowest BCUT2D eigenvalue weighted by Crippen LogP contribution is -2.29. The Morgan fingerprint density at radius 2 is 2.00 bits per heavy atom. The number of aromatic nitrogens is 2. The molecule has 2 N–H and O–H groups in total. The molecule has 6 nitrogen and oxygen atoms in total. The number of carbonyl (C=O) groups excluding carboxylic acids is 1. The largest absolute Gasteiger partial charge is 0.463 e. The number of carbonyl (C=O) groups is 2. The first kappa shape index (κ1) is 13.3. The first-order chi connectivity index (χ1) is 10.0. The molecule has 1 aromatic carbocycles. The maximum atomic E-state index is 13.9. The molecule has 3 rings (SSSR count). The lowest BCUT2D eigenvalue weighted by Gasteiger charge is -2.15. The Labute approximate surface area is 119 Å². The molecule has 1 aromatic heterocycles. The maximum Gasteiger partial charge on any atom is 0.432 e. The molecule has 0 spiro atoms. The standard InChI is InChI=1S/C14H12FN3O3/c15-10-4-2-1-3-9(10)14(6-7-14)12(19)16-11-5-8-18(17-11)13(20)21/h1-5,8H,6-7H2,(H,20,21)(H,16,17,19). The quantitative estimate of drug-likeness (QED) is 0.907. The summed E-state index contributed by atoms with van der Waals surface area (Å²) in [7, 11) is 0. The second-order valence-corrected chi connectivity index (χ2v) is 4.94. The summed E-state index contributed by atoms with van der Waals surface area (Å²) in [6.45, 7) is 0. The highest BCUT2D eigenvalue weighted by Crippen LogP contribution is 2.49. The highest BCUT2D eigenvalue weighted by atomic mass is 19.1. The summed E-state index contributed by atoms with van der Waals surface area (Å²) in [4.78, 5) is 23.1. The van der Waals surface area contributed by atoms with Crippen LogP contribution in [-0.2, 0) is 10.2 Å². The fourth-order valence-corrected chi connectivity index (χ4v) is 2.33. The third-order valence-electron chi connectivity index (χ3n) is 3.60. The number of rotatable bonds is 3. The second-order valence-electron chi connectivity index (χ2n) is 4.94. The number of hydrogen-bond acceptors (Lipinski definition) is 3. The van der Waals surface area contributed by atoms with Gasteiger partial charge in [-0.3, -0.25) is 4.79 Å². The lowest BCUT2D eigenvalue weighted by molar-refractivity contribution is -0.118. The van der Waals surface area contributed by atoms with E-state index in [1.165, 1.54) is 18.3 Å². The summed E-state index contributed by atoms with van der Waals surface area (Å²) in [5, 5.41) is 15.0. The monoisotopic (exact) mass is 289 g/mol. The molecule has 1 heterocycles. The van der Waals surface area contributed by atoms with Gasteiger partial charge in [0, 0.05) is 17.8 Å². The summed E-state index contributed by atoms with van der Waals surface area (Å²) in [6.07, 6.45) is 1.09. The van der Waals surface area contributed by atoms with E-state index in [0.717, 1.165) is 0 Å². The predicted octanol–water partition coefficient (Wildman–Crippen LogP) is 2.22. The zero-order valence-electron chi connectivity index (χ0n) is 10.9. The summed E-state index contributed by atoms with van der Waals surface area (Å²) in [5.74, 6) is -0.658. The molecule has 7 heteroatoms. The third kappa shape index (κ3) is 2.26. The highest BCUT2D eigenvalue weighted by molar-refractivity contribution is 6.00. The average Bonchev–Trinajstić information content (AvgIpc) is 3.12. The van der Waals surface area contributed by atoms with Gasteiger partial charge < -0.3 is 10.4 Å². The smallest absolute Gasteiger partial charge is 0.432 e. The molecule has 1 saturated carbocycles. The van der Waals surface area contributed by atoms with E-state index in [0.29, 0.717) is 23.1 Å². The summed E-state index contributed by atoms with van der Waals surface area (Å²) in [6, 6.07) is 7.55. The van der Waals surface area contributed by atoms with Crippen LogP contribution >= 0.6 is 0 Å². The van der Waals surface area contributed by atoms with Crippen LogP contribution in [0.3, 0.4) is 0 Å². The van der Waals surface area contributed by atoms with E-state index in [1.807, 2.05) is 0 Å². The molecule has 0 unspecified atom stereocenters. The molecular weight excluding hydrogens is 277 g/mol. The minimum atomic E-state index is -1.24. The number of benzene rings is 1. The van der Waals surface area contributed by atoms with Crippen molar-refractivity contribution in [2.45, 2.75) is 18.3 Å². The zero-order valence-corrected chi connectivity index (χ0v) is 10.9. The van der Waals surface area contributed by atoms with Crippen molar-refractivity contribution in [3.05, 3.63) is 47.9 Å². The van der Waals surface area contributed by atoms with E-state index in [1.54, 1.807) is 18.2 Å². The molecule has 1 fully saturated rings.